The van der Waals surface area contributed by atoms with Crippen LogP contribution >= 0.6 is 0 Å². The minimum atomic E-state index is -0.353. The molecule has 0 atom stereocenters. The first kappa shape index (κ1) is 15.8. The molecule has 0 aliphatic heterocycles. The molecule has 1 amide bonds. The third-order valence-electron chi connectivity index (χ3n) is 3.26. The molecule has 0 saturated heterocycles. The molecule has 0 aliphatic carbocycles. The van der Waals surface area contributed by atoms with E-state index in [-0.39, 0.29) is 18.1 Å². The van der Waals surface area contributed by atoms with E-state index in [4.69, 9.17) is 5.73 Å². The van der Waals surface area contributed by atoms with Gasteiger partial charge < -0.3 is 16.0 Å². The first-order valence-electron chi connectivity index (χ1n) is 6.99. The monoisotopic (exact) mass is 302 g/mol. The smallest absolute Gasteiger partial charge is 0.226 e. The van der Waals surface area contributed by atoms with Crippen molar-refractivity contribution in [1.82, 2.24) is 9.88 Å². The number of nitrogens with one attached hydrogen (secondary N) is 1. The summed E-state index contributed by atoms with van der Waals surface area (Å²) in [6.45, 7) is 1.05. The Bertz CT molecular complexity index is 630. The van der Waals surface area contributed by atoms with E-state index >= 15 is 0 Å². The Morgan fingerprint density at radius 3 is 2.77 bits per heavy atom. The molecular formula is C16H19FN4O. The molecule has 2 rings (SSSR count). The zero-order chi connectivity index (χ0) is 15.9. The van der Waals surface area contributed by atoms with E-state index in [0.717, 1.165) is 0 Å². The molecule has 0 saturated carbocycles. The zero-order valence-electron chi connectivity index (χ0n) is 12.4. The molecule has 1 heterocycles. The van der Waals surface area contributed by atoms with Crippen molar-refractivity contribution in [3.8, 4) is 0 Å². The summed E-state index contributed by atoms with van der Waals surface area (Å²) in [5.41, 5.74) is 6.56. The highest BCUT2D eigenvalue weighted by Gasteiger charge is 2.11. The van der Waals surface area contributed by atoms with Crippen LogP contribution in [0.25, 0.3) is 0 Å². The summed E-state index contributed by atoms with van der Waals surface area (Å²) in [5, 5.41) is 3.10. The van der Waals surface area contributed by atoms with Crippen molar-refractivity contribution in [3.05, 3.63) is 54.0 Å². The predicted molar refractivity (Wildman–Crippen MR) is 84.9 cm³/mol. The lowest BCUT2D eigenvalue weighted by atomic mass is 10.1. The Morgan fingerprint density at radius 2 is 2.09 bits per heavy atom. The molecule has 3 N–H and O–H groups in total. The first-order chi connectivity index (χ1) is 10.6. The highest BCUT2D eigenvalue weighted by atomic mass is 19.1. The number of amides is 1. The van der Waals surface area contributed by atoms with Crippen molar-refractivity contribution in [3.63, 3.8) is 0 Å². The maximum Gasteiger partial charge on any atom is 0.226 e. The summed E-state index contributed by atoms with van der Waals surface area (Å²) in [6, 6.07) is 9.84. The van der Waals surface area contributed by atoms with Crippen LogP contribution in [0.2, 0.25) is 0 Å². The molecule has 1 aromatic heterocycles. The summed E-state index contributed by atoms with van der Waals surface area (Å²) < 4.78 is 13.5. The molecule has 1 aromatic carbocycles. The molecule has 22 heavy (non-hydrogen) atoms. The molecule has 6 heteroatoms. The largest absolute Gasteiger partial charge is 0.397 e. The normalized spacial score (nSPS) is 10.3. The van der Waals surface area contributed by atoms with Gasteiger partial charge in [-0.2, -0.15) is 0 Å². The van der Waals surface area contributed by atoms with E-state index in [0.29, 0.717) is 30.2 Å². The molecule has 0 fully saturated rings. The molecule has 2 aromatic rings. The fourth-order valence-corrected chi connectivity index (χ4v) is 1.93. The molecule has 116 valence electrons. The van der Waals surface area contributed by atoms with Crippen LogP contribution in [0.3, 0.4) is 0 Å². The highest BCUT2D eigenvalue weighted by Crippen LogP contribution is 2.08. The number of halogens is 1. The van der Waals surface area contributed by atoms with Crippen LogP contribution in [0.4, 0.5) is 15.9 Å². The minimum absolute atomic E-state index is 0.0588. The number of rotatable bonds is 6. The van der Waals surface area contributed by atoms with Gasteiger partial charge in [0, 0.05) is 20.1 Å². The Balaban J connectivity index is 1.79. The van der Waals surface area contributed by atoms with Gasteiger partial charge >= 0.3 is 0 Å². The van der Waals surface area contributed by atoms with E-state index in [9.17, 15) is 9.18 Å². The lowest BCUT2D eigenvalue weighted by Crippen LogP contribution is -2.32. The number of hydrogen-bond donors (Lipinski definition) is 2. The van der Waals surface area contributed by atoms with Crippen LogP contribution in [-0.4, -0.2) is 35.9 Å². The van der Waals surface area contributed by atoms with Gasteiger partial charge in [0.25, 0.3) is 0 Å². The quantitative estimate of drug-likeness (QED) is 0.855. The Morgan fingerprint density at radius 1 is 1.32 bits per heavy atom. The fourth-order valence-electron chi connectivity index (χ4n) is 1.93. The van der Waals surface area contributed by atoms with E-state index in [1.807, 2.05) is 0 Å². The second-order valence-electron chi connectivity index (χ2n) is 4.99. The second kappa shape index (κ2) is 7.40. The number of pyridine rings is 1. The maximum atomic E-state index is 13.5. The maximum absolute atomic E-state index is 13.5. The van der Waals surface area contributed by atoms with Crippen LogP contribution in [0.15, 0.2) is 42.6 Å². The minimum Gasteiger partial charge on any atom is -0.397 e. The van der Waals surface area contributed by atoms with E-state index in [1.54, 1.807) is 48.5 Å². The summed E-state index contributed by atoms with van der Waals surface area (Å²) >= 11 is 0. The van der Waals surface area contributed by atoms with E-state index < -0.39 is 0 Å². The summed E-state index contributed by atoms with van der Waals surface area (Å²) in [7, 11) is 1.70. The lowest BCUT2D eigenvalue weighted by molar-refractivity contribution is -0.129. The molecule has 0 aliphatic rings. The zero-order valence-corrected chi connectivity index (χ0v) is 12.4. The highest BCUT2D eigenvalue weighted by molar-refractivity contribution is 5.78. The van der Waals surface area contributed by atoms with Crippen molar-refractivity contribution in [1.29, 1.82) is 0 Å². The van der Waals surface area contributed by atoms with E-state index in [2.05, 4.69) is 10.3 Å². The Kier molecular flexibility index (Phi) is 5.30. The van der Waals surface area contributed by atoms with Gasteiger partial charge in [0.1, 0.15) is 11.6 Å². The molecule has 5 nitrogen and oxygen atoms in total. The summed E-state index contributed by atoms with van der Waals surface area (Å²) in [5.74, 6) is 0.217. The number of benzene rings is 1. The Labute approximate surface area is 129 Å². The molecule has 0 spiro atoms. The number of anilines is 2. The third kappa shape index (κ3) is 4.44. The van der Waals surface area contributed by atoms with Crippen molar-refractivity contribution < 1.29 is 9.18 Å². The van der Waals surface area contributed by atoms with E-state index in [1.165, 1.54) is 6.07 Å². The fraction of sp³-hybridized carbons (Fsp3) is 0.250. The van der Waals surface area contributed by atoms with Gasteiger partial charge in [-0.15, -0.1) is 0 Å². The number of aromatic nitrogens is 1. The van der Waals surface area contributed by atoms with Crippen LogP contribution in [-0.2, 0) is 11.2 Å². The van der Waals surface area contributed by atoms with Gasteiger partial charge in [0.15, 0.2) is 0 Å². The number of carbonyl (C=O) groups excluding carboxylic acids is 1. The number of carbonyl (C=O) groups is 1. The molecule has 0 unspecified atom stereocenters. The van der Waals surface area contributed by atoms with Crippen molar-refractivity contribution in [2.24, 2.45) is 0 Å². The molecule has 0 radical (unpaired) electrons. The van der Waals surface area contributed by atoms with Gasteiger partial charge in [0.2, 0.25) is 5.91 Å². The Hall–Kier alpha value is -2.63. The van der Waals surface area contributed by atoms with Crippen LogP contribution in [0, 0.1) is 5.82 Å². The SMILES string of the molecule is CN(CCNc1ccc(N)cn1)C(=O)Cc1ccccc1F. The van der Waals surface area contributed by atoms with Gasteiger partial charge in [0.05, 0.1) is 18.3 Å². The third-order valence-corrected chi connectivity index (χ3v) is 3.26. The van der Waals surface area contributed by atoms with Gasteiger partial charge in [-0.05, 0) is 23.8 Å². The topological polar surface area (TPSA) is 71.2 Å². The van der Waals surface area contributed by atoms with Crippen LogP contribution in [0.1, 0.15) is 5.56 Å². The van der Waals surface area contributed by atoms with Crippen molar-refractivity contribution in [2.45, 2.75) is 6.42 Å². The van der Waals surface area contributed by atoms with Gasteiger partial charge in [-0.25, -0.2) is 9.37 Å². The number of nitrogens with zero attached hydrogens (tertiary/aromatic N) is 2. The number of nitrogens with two attached hydrogens (primary N) is 1. The van der Waals surface area contributed by atoms with Crippen LogP contribution < -0.4 is 11.1 Å². The summed E-state index contributed by atoms with van der Waals surface area (Å²) in [4.78, 5) is 17.7. The van der Waals surface area contributed by atoms with Gasteiger partial charge in [-0.3, -0.25) is 4.79 Å². The molecular weight excluding hydrogens is 283 g/mol. The first-order valence-corrected chi connectivity index (χ1v) is 6.99. The average molecular weight is 302 g/mol. The summed E-state index contributed by atoms with van der Waals surface area (Å²) in [6.07, 6.45) is 1.62. The number of hydrogen-bond acceptors (Lipinski definition) is 4. The molecule has 0 bridgehead atoms. The van der Waals surface area contributed by atoms with Gasteiger partial charge in [-0.1, -0.05) is 18.2 Å². The number of likely N-dealkylation sites (N-methyl/N-ethyl adjacent to an activating group) is 1. The lowest BCUT2D eigenvalue weighted by Gasteiger charge is -2.18. The standard InChI is InChI=1S/C16H19FN4O/c1-21(9-8-19-15-7-6-13(18)11-20-15)16(22)10-12-4-2-3-5-14(12)17/h2-7,11H,8-10,18H2,1H3,(H,19,20). The van der Waals surface area contributed by atoms with Crippen LogP contribution in [0.5, 0.6) is 0 Å². The van der Waals surface area contributed by atoms with Crippen molar-refractivity contribution >= 4 is 17.4 Å². The average Bonchev–Trinajstić information content (AvgIpc) is 2.51. The predicted octanol–water partition coefficient (Wildman–Crippen LogP) is 1.92. The van der Waals surface area contributed by atoms with Crippen molar-refractivity contribution in [2.75, 3.05) is 31.2 Å². The second-order valence-corrected chi connectivity index (χ2v) is 4.99. The number of nitrogen functional groups attached to an aromatic ring is 1.